The number of amides is 2. The second-order valence-corrected chi connectivity index (χ2v) is 10.2. The van der Waals surface area contributed by atoms with Gasteiger partial charge < -0.3 is 10.2 Å². The van der Waals surface area contributed by atoms with Crippen molar-refractivity contribution in [2.45, 2.75) is 70.4 Å². The van der Waals surface area contributed by atoms with E-state index < -0.39 is 12.6 Å². The van der Waals surface area contributed by atoms with Crippen LogP contribution in [0.1, 0.15) is 64.8 Å². The minimum absolute atomic E-state index is 0. The number of hydrogen-bond acceptors (Lipinski definition) is 2. The van der Waals surface area contributed by atoms with Gasteiger partial charge in [-0.15, -0.1) is 0 Å². The number of carbonyl (C=O) groups excluding carboxylic acids is 1. The van der Waals surface area contributed by atoms with Crippen molar-refractivity contribution < 1.29 is 19.4 Å². The molecule has 1 N–H and O–H groups in total. The van der Waals surface area contributed by atoms with E-state index in [1.807, 2.05) is 12.1 Å². The number of carbonyl (C=O) groups is 1. The zero-order chi connectivity index (χ0) is 21.9. The molecule has 1 aromatic rings. The summed E-state index contributed by atoms with van der Waals surface area (Å²) in [6, 6.07) is 3.51. The lowest BCUT2D eigenvalue weighted by Crippen LogP contribution is -2.49. The Balaban J connectivity index is 0.00000289. The van der Waals surface area contributed by atoms with E-state index in [2.05, 4.69) is 10.3 Å². The molecule has 4 saturated carbocycles. The third kappa shape index (κ3) is 6.13. The van der Waals surface area contributed by atoms with Gasteiger partial charge in [0.1, 0.15) is 0 Å². The summed E-state index contributed by atoms with van der Waals surface area (Å²) in [5.74, 6) is 2.41. The zero-order valence-corrected chi connectivity index (χ0v) is 18.2. The summed E-state index contributed by atoms with van der Waals surface area (Å²) in [5.41, 5.74) is 1.40. The van der Waals surface area contributed by atoms with Gasteiger partial charge in [-0.2, -0.15) is 13.2 Å². The van der Waals surface area contributed by atoms with Crippen LogP contribution >= 0.6 is 0 Å². The van der Waals surface area contributed by atoms with Gasteiger partial charge in [-0.05, 0) is 98.7 Å². The molecule has 4 aliphatic rings. The predicted octanol–water partition coefficient (Wildman–Crippen LogP) is 5.83. The Kier molecular flexibility index (Phi) is 6.77. The fourth-order valence-corrected chi connectivity index (χ4v) is 6.69. The van der Waals surface area contributed by atoms with Gasteiger partial charge in [0.05, 0.1) is 6.42 Å². The Morgan fingerprint density at radius 1 is 1.10 bits per heavy atom. The van der Waals surface area contributed by atoms with E-state index in [0.29, 0.717) is 13.1 Å². The van der Waals surface area contributed by atoms with Crippen molar-refractivity contribution in [1.82, 2.24) is 15.2 Å². The Labute approximate surface area is 184 Å². The van der Waals surface area contributed by atoms with Gasteiger partial charge in [0.25, 0.3) is 0 Å². The molecule has 0 aliphatic heterocycles. The second kappa shape index (κ2) is 9.37. The van der Waals surface area contributed by atoms with Crippen LogP contribution in [0, 0.1) is 23.2 Å². The molecule has 5 rings (SSSR count). The molecule has 0 saturated heterocycles. The van der Waals surface area contributed by atoms with Crippen LogP contribution in [0.5, 0.6) is 0 Å². The normalized spacial score (nSPS) is 29.2. The quantitative estimate of drug-likeness (QED) is 0.492. The van der Waals surface area contributed by atoms with Crippen LogP contribution in [0.2, 0.25) is 0 Å². The van der Waals surface area contributed by atoms with E-state index >= 15 is 0 Å². The maximum atomic E-state index is 12.9. The molecule has 7 heteroatoms. The van der Waals surface area contributed by atoms with Crippen LogP contribution in [-0.4, -0.2) is 41.7 Å². The highest BCUT2D eigenvalue weighted by molar-refractivity contribution is 5.74. The summed E-state index contributed by atoms with van der Waals surface area (Å²) < 4.78 is 38.6. The highest BCUT2D eigenvalue weighted by atomic mass is 19.4. The van der Waals surface area contributed by atoms with E-state index in [9.17, 15) is 18.0 Å². The number of halogens is 3. The van der Waals surface area contributed by atoms with Gasteiger partial charge >= 0.3 is 12.2 Å². The van der Waals surface area contributed by atoms with E-state index in [1.165, 1.54) is 43.4 Å². The maximum Gasteiger partial charge on any atom is 0.390 e. The number of rotatable bonds is 9. The van der Waals surface area contributed by atoms with Gasteiger partial charge in [0.2, 0.25) is 0 Å². The van der Waals surface area contributed by atoms with E-state index in [1.54, 1.807) is 12.4 Å². The molecule has 4 fully saturated rings. The number of nitrogens with zero attached hydrogens (tertiary/aromatic N) is 2. The molecular weight excluding hydrogens is 403 g/mol. The van der Waals surface area contributed by atoms with Crippen molar-refractivity contribution in [2.24, 2.45) is 23.2 Å². The summed E-state index contributed by atoms with van der Waals surface area (Å²) >= 11 is 0. The van der Waals surface area contributed by atoms with E-state index in [0.717, 1.165) is 42.6 Å². The number of alkyl halides is 3. The number of hydrogen-bond donors (Lipinski definition) is 1. The summed E-state index contributed by atoms with van der Waals surface area (Å²) in [7, 11) is 0. The topological polar surface area (TPSA) is 45.2 Å². The minimum atomic E-state index is -4.25. The Morgan fingerprint density at radius 2 is 1.71 bits per heavy atom. The van der Waals surface area contributed by atoms with Gasteiger partial charge in [0.15, 0.2) is 0 Å². The van der Waals surface area contributed by atoms with Gasteiger partial charge in [0, 0.05) is 33.5 Å². The predicted molar refractivity (Wildman–Crippen MR) is 116 cm³/mol. The summed E-state index contributed by atoms with van der Waals surface area (Å²) in [5, 5.41) is 2.85. The van der Waals surface area contributed by atoms with Gasteiger partial charge in [-0.3, -0.25) is 4.98 Å². The van der Waals surface area contributed by atoms with Crippen LogP contribution in [0.15, 0.2) is 24.5 Å². The maximum absolute atomic E-state index is 12.9. The molecule has 0 unspecified atom stereocenters. The fourth-order valence-electron chi connectivity index (χ4n) is 6.69. The van der Waals surface area contributed by atoms with Crippen molar-refractivity contribution in [3.05, 3.63) is 30.1 Å². The first-order chi connectivity index (χ1) is 14.8. The molecule has 4 nitrogen and oxygen atoms in total. The van der Waals surface area contributed by atoms with Crippen molar-refractivity contribution >= 4 is 6.03 Å². The van der Waals surface area contributed by atoms with Crippen molar-refractivity contribution in [2.75, 3.05) is 19.6 Å². The monoisotopic (exact) mass is 439 g/mol. The third-order valence-electron chi connectivity index (χ3n) is 7.70. The van der Waals surface area contributed by atoms with Gasteiger partial charge in [-0.1, -0.05) is 0 Å². The van der Waals surface area contributed by atoms with Crippen molar-refractivity contribution in [1.29, 1.82) is 0 Å². The number of pyridine rings is 1. The van der Waals surface area contributed by atoms with Crippen molar-refractivity contribution in [3.63, 3.8) is 0 Å². The third-order valence-corrected chi connectivity index (χ3v) is 7.70. The summed E-state index contributed by atoms with van der Waals surface area (Å²) in [6.07, 6.45) is 8.32. The molecule has 174 valence electrons. The molecule has 31 heavy (non-hydrogen) atoms. The standard InChI is InChI=1S/C24H34F3N3O.H2/c25-24(26,27)6-11-30(22(31)29-7-1-2-18-3-8-28-9-4-18)10-5-23-15-19-12-20(16-23)14-21(13-19)17-23;/h3-4,8-9,19-21H,1-2,5-7,10-17H2,(H,29,31);1H. The van der Waals surface area contributed by atoms with Crippen LogP contribution in [0.25, 0.3) is 0 Å². The van der Waals surface area contributed by atoms with Crippen LogP contribution in [-0.2, 0) is 6.42 Å². The largest absolute Gasteiger partial charge is 0.390 e. The SMILES string of the molecule is O=C(NCCCc1ccncc1)N(CCC(F)(F)F)CCC12CC3CC(CC(C3)C1)C2.[HH]. The fraction of sp³-hybridized carbons (Fsp3) is 0.750. The first kappa shape index (κ1) is 22.4. The Bertz CT molecular complexity index is 708. The molecule has 0 spiro atoms. The molecular formula is C24H36F3N3O. The molecule has 0 aromatic carbocycles. The number of aromatic nitrogens is 1. The lowest BCUT2D eigenvalue weighted by atomic mass is 9.49. The molecule has 0 atom stereocenters. The molecule has 0 radical (unpaired) electrons. The van der Waals surface area contributed by atoms with Crippen LogP contribution in [0.3, 0.4) is 0 Å². The number of aryl methyl sites for hydroxylation is 1. The minimum Gasteiger partial charge on any atom is -0.338 e. The molecule has 1 aromatic heterocycles. The smallest absolute Gasteiger partial charge is 0.338 e. The van der Waals surface area contributed by atoms with E-state index in [4.69, 9.17) is 0 Å². The van der Waals surface area contributed by atoms with E-state index in [-0.39, 0.29) is 19.4 Å². The summed E-state index contributed by atoms with van der Waals surface area (Å²) in [6.45, 7) is 0.630. The lowest BCUT2D eigenvalue weighted by molar-refractivity contribution is -0.136. The molecule has 1 heterocycles. The van der Waals surface area contributed by atoms with Crippen LogP contribution in [0.4, 0.5) is 18.0 Å². The highest BCUT2D eigenvalue weighted by Crippen LogP contribution is 2.61. The van der Waals surface area contributed by atoms with Crippen LogP contribution < -0.4 is 5.32 Å². The van der Waals surface area contributed by atoms with Crippen molar-refractivity contribution in [3.8, 4) is 0 Å². The number of nitrogens with one attached hydrogen (secondary N) is 1. The Hall–Kier alpha value is -1.79. The highest BCUT2D eigenvalue weighted by Gasteiger charge is 2.50. The average molecular weight is 440 g/mol. The lowest BCUT2D eigenvalue weighted by Gasteiger charge is -2.57. The average Bonchev–Trinajstić information content (AvgIpc) is 2.70. The molecule has 4 aliphatic carbocycles. The second-order valence-electron chi connectivity index (χ2n) is 10.2. The first-order valence-electron chi connectivity index (χ1n) is 11.8. The Morgan fingerprint density at radius 3 is 2.29 bits per heavy atom. The molecule has 2 amide bonds. The first-order valence-corrected chi connectivity index (χ1v) is 11.8. The zero-order valence-electron chi connectivity index (χ0n) is 18.2. The summed E-state index contributed by atoms with van der Waals surface area (Å²) in [4.78, 5) is 18.1. The van der Waals surface area contributed by atoms with Gasteiger partial charge in [-0.25, -0.2) is 4.79 Å². The number of urea groups is 1. The molecule has 4 bridgehead atoms.